The summed E-state index contributed by atoms with van der Waals surface area (Å²) in [6.45, 7) is 1.89. The molecule has 0 aromatic carbocycles. The first-order valence-corrected chi connectivity index (χ1v) is 6.85. The molecule has 1 aliphatic rings. The fraction of sp³-hybridized carbons (Fsp3) is 0.750. The molecule has 9 nitrogen and oxygen atoms in total. The molecule has 126 valence electrons. The highest BCUT2D eigenvalue weighted by Crippen LogP contribution is 2.24. The molecule has 0 radical (unpaired) electrons. The largest absolute Gasteiger partial charge is 0.344 e. The van der Waals surface area contributed by atoms with Crippen LogP contribution in [0.4, 0.5) is 0 Å². The zero-order valence-corrected chi connectivity index (χ0v) is 12.9. The summed E-state index contributed by atoms with van der Waals surface area (Å²) in [5, 5.41) is -0.658. The van der Waals surface area contributed by atoms with Crippen molar-refractivity contribution in [2.45, 2.75) is 45.2 Å². The molecule has 0 N–H and O–H groups in total. The lowest BCUT2D eigenvalue weighted by Crippen LogP contribution is -2.44. The van der Waals surface area contributed by atoms with Crippen molar-refractivity contribution < 1.29 is 43.4 Å². The van der Waals surface area contributed by atoms with Gasteiger partial charge < -0.3 is 9.47 Å². The Hall–Kier alpha value is -1.26. The molecule has 0 bridgehead atoms. The first kappa shape index (κ1) is 18.8. The Morgan fingerprint density at radius 3 is 2.41 bits per heavy atom. The molecule has 0 aromatic heterocycles. The fourth-order valence-corrected chi connectivity index (χ4v) is 1.75. The van der Waals surface area contributed by atoms with Crippen molar-refractivity contribution in [3.63, 3.8) is 0 Å². The van der Waals surface area contributed by atoms with E-state index in [4.69, 9.17) is 30.8 Å². The Bertz CT molecular complexity index is 400. The van der Waals surface area contributed by atoms with E-state index in [1.807, 2.05) is 0 Å². The highest BCUT2D eigenvalue weighted by atomic mass is 35.5. The normalized spacial score (nSPS) is 24.6. The van der Waals surface area contributed by atoms with Gasteiger partial charge in [-0.25, -0.2) is 9.59 Å². The molecular formula is C12H17ClO9. The summed E-state index contributed by atoms with van der Waals surface area (Å²) in [4.78, 5) is 50.6. The predicted molar refractivity (Wildman–Crippen MR) is 69.1 cm³/mol. The van der Waals surface area contributed by atoms with Gasteiger partial charge in [0.2, 0.25) is 5.24 Å². The summed E-state index contributed by atoms with van der Waals surface area (Å²) in [6.07, 6.45) is -1.28. The van der Waals surface area contributed by atoms with Crippen LogP contribution in [0.5, 0.6) is 0 Å². The molecule has 1 heterocycles. The van der Waals surface area contributed by atoms with Crippen LogP contribution in [0.15, 0.2) is 0 Å². The van der Waals surface area contributed by atoms with Gasteiger partial charge in [0, 0.05) is 20.3 Å². The van der Waals surface area contributed by atoms with Gasteiger partial charge in [0.25, 0.3) is 0 Å². The van der Waals surface area contributed by atoms with Crippen LogP contribution in [0.3, 0.4) is 0 Å². The summed E-state index contributed by atoms with van der Waals surface area (Å²) in [5.41, 5.74) is 0. The summed E-state index contributed by atoms with van der Waals surface area (Å²) in [7, 11) is 0. The molecule has 22 heavy (non-hydrogen) atoms. The van der Waals surface area contributed by atoms with Crippen LogP contribution in [-0.4, -0.2) is 48.9 Å². The number of hydrogen-bond acceptors (Lipinski definition) is 9. The molecule has 1 aliphatic heterocycles. The minimum Gasteiger partial charge on any atom is -0.344 e. The SMILES string of the molecule is CC(=O)OOC[C@@H]1O[C@H](OCC(=O)Cl)CC[C@@H]1OOC(C)=O. The maximum absolute atomic E-state index is 10.8. The maximum atomic E-state index is 10.8. The smallest absolute Gasteiger partial charge is 0.339 e. The molecule has 1 rings (SSSR count). The zero-order chi connectivity index (χ0) is 16.5. The fourth-order valence-electron chi connectivity index (χ4n) is 1.69. The lowest BCUT2D eigenvalue weighted by molar-refractivity contribution is -0.356. The lowest BCUT2D eigenvalue weighted by atomic mass is 10.1. The first-order valence-electron chi connectivity index (χ1n) is 6.47. The van der Waals surface area contributed by atoms with Crippen molar-refractivity contribution in [3.05, 3.63) is 0 Å². The Kier molecular flexibility index (Phi) is 8.28. The van der Waals surface area contributed by atoms with Gasteiger partial charge in [0.15, 0.2) is 6.29 Å². The van der Waals surface area contributed by atoms with E-state index in [0.29, 0.717) is 12.8 Å². The van der Waals surface area contributed by atoms with Crippen molar-refractivity contribution >= 4 is 28.8 Å². The van der Waals surface area contributed by atoms with Crippen LogP contribution in [0.25, 0.3) is 0 Å². The molecule has 3 atom stereocenters. The van der Waals surface area contributed by atoms with Gasteiger partial charge in [-0.1, -0.05) is 0 Å². The Balaban J connectivity index is 2.50. The minimum absolute atomic E-state index is 0.166. The third-order valence-corrected chi connectivity index (χ3v) is 2.62. The third kappa shape index (κ3) is 7.66. The van der Waals surface area contributed by atoms with Crippen LogP contribution in [0.2, 0.25) is 0 Å². The van der Waals surface area contributed by atoms with E-state index < -0.39 is 35.7 Å². The molecule has 0 saturated carbocycles. The van der Waals surface area contributed by atoms with E-state index in [1.54, 1.807) is 0 Å². The van der Waals surface area contributed by atoms with Gasteiger partial charge in [-0.3, -0.25) is 14.6 Å². The second-order valence-corrected chi connectivity index (χ2v) is 4.84. The van der Waals surface area contributed by atoms with E-state index in [-0.39, 0.29) is 13.2 Å². The Morgan fingerprint density at radius 2 is 1.82 bits per heavy atom. The van der Waals surface area contributed by atoms with E-state index in [2.05, 4.69) is 9.78 Å². The number of hydrogen-bond donors (Lipinski definition) is 0. The number of carbonyl (C=O) groups is 3. The van der Waals surface area contributed by atoms with E-state index in [0.717, 1.165) is 0 Å². The molecule has 1 saturated heterocycles. The third-order valence-electron chi connectivity index (χ3n) is 2.51. The van der Waals surface area contributed by atoms with Gasteiger partial charge in [-0.2, -0.15) is 9.78 Å². The van der Waals surface area contributed by atoms with Gasteiger partial charge in [0.1, 0.15) is 25.4 Å². The van der Waals surface area contributed by atoms with Crippen molar-refractivity contribution in [2.24, 2.45) is 0 Å². The second kappa shape index (κ2) is 9.70. The molecule has 0 aliphatic carbocycles. The van der Waals surface area contributed by atoms with E-state index >= 15 is 0 Å². The van der Waals surface area contributed by atoms with Gasteiger partial charge in [0.05, 0.1) is 0 Å². The van der Waals surface area contributed by atoms with Crippen LogP contribution < -0.4 is 0 Å². The molecule has 10 heteroatoms. The number of rotatable bonds is 8. The van der Waals surface area contributed by atoms with Crippen molar-refractivity contribution in [1.29, 1.82) is 0 Å². The van der Waals surface area contributed by atoms with Gasteiger partial charge >= 0.3 is 11.9 Å². The molecule has 0 spiro atoms. The van der Waals surface area contributed by atoms with E-state index in [1.165, 1.54) is 13.8 Å². The molecule has 0 unspecified atom stereocenters. The van der Waals surface area contributed by atoms with Crippen LogP contribution >= 0.6 is 11.6 Å². The monoisotopic (exact) mass is 340 g/mol. The summed E-state index contributed by atoms with van der Waals surface area (Å²) in [5.74, 6) is -1.25. The summed E-state index contributed by atoms with van der Waals surface area (Å²) in [6, 6.07) is 0. The number of ether oxygens (including phenoxy) is 2. The molecular weight excluding hydrogens is 324 g/mol. The standard InChI is InChI=1S/C12H17ClO9/c1-7(14)20-18-5-10-9(22-21-8(2)15)3-4-12(19-10)17-6-11(13)16/h9-10,12H,3-6H2,1-2H3/t9-,10-,12-/m0/s1. The van der Waals surface area contributed by atoms with Crippen molar-refractivity contribution in [3.8, 4) is 0 Å². The molecule has 1 fully saturated rings. The zero-order valence-electron chi connectivity index (χ0n) is 12.1. The van der Waals surface area contributed by atoms with E-state index in [9.17, 15) is 14.4 Å². The predicted octanol–water partition coefficient (Wildman–Crippen LogP) is 0.631. The van der Waals surface area contributed by atoms with Gasteiger partial charge in [-0.05, 0) is 18.0 Å². The van der Waals surface area contributed by atoms with Crippen LogP contribution in [-0.2, 0) is 43.4 Å². The number of halogens is 1. The highest BCUT2D eigenvalue weighted by Gasteiger charge is 2.35. The summed E-state index contributed by atoms with van der Waals surface area (Å²) >= 11 is 5.18. The molecule has 0 aromatic rings. The van der Waals surface area contributed by atoms with Gasteiger partial charge in [-0.15, -0.1) is 0 Å². The van der Waals surface area contributed by atoms with Crippen LogP contribution in [0, 0.1) is 0 Å². The average molecular weight is 341 g/mol. The average Bonchev–Trinajstić information content (AvgIpc) is 2.43. The summed E-state index contributed by atoms with van der Waals surface area (Å²) < 4.78 is 10.6. The minimum atomic E-state index is -0.733. The number of carbonyl (C=O) groups excluding carboxylic acids is 3. The lowest BCUT2D eigenvalue weighted by Gasteiger charge is -2.33. The Morgan fingerprint density at radius 1 is 1.14 bits per heavy atom. The first-order chi connectivity index (χ1) is 10.4. The van der Waals surface area contributed by atoms with Crippen molar-refractivity contribution in [2.75, 3.05) is 13.2 Å². The Labute approximate surface area is 131 Å². The molecule has 0 amide bonds. The topological polar surface area (TPSA) is 107 Å². The second-order valence-electron chi connectivity index (χ2n) is 4.42. The van der Waals surface area contributed by atoms with Crippen molar-refractivity contribution in [1.82, 2.24) is 0 Å². The maximum Gasteiger partial charge on any atom is 0.339 e. The highest BCUT2D eigenvalue weighted by molar-refractivity contribution is 6.63. The van der Waals surface area contributed by atoms with Crippen LogP contribution in [0.1, 0.15) is 26.7 Å². The quantitative estimate of drug-likeness (QED) is 0.357.